The molecule has 2 unspecified atom stereocenters. The number of carboxylic acid groups (broad SMARTS) is 1. The van der Waals surface area contributed by atoms with Gasteiger partial charge in [0.05, 0.1) is 16.9 Å². The number of nitrogens with two attached hydrogens (primary N) is 2. The summed E-state index contributed by atoms with van der Waals surface area (Å²) < 4.78 is 16.2. The molecular weight excluding hydrogens is 467 g/mol. The molecule has 0 saturated carbocycles. The Morgan fingerprint density at radius 2 is 2.09 bits per heavy atom. The first kappa shape index (κ1) is 27.2. The van der Waals surface area contributed by atoms with Gasteiger partial charge in [0.15, 0.2) is 5.82 Å². The van der Waals surface area contributed by atoms with Crippen LogP contribution in [0.15, 0.2) is 21.5 Å². The standard InChI is InChI=1S/C26H37FN4O3S/c1-5-6-7-19-21(26(33)34)25(32)20-15(3)18(9-8-14(2)13-35-19)24(22(27)23(20)30-29)31-11-10-17(12-31)16(4)28/h13,16-17,30H,5-12,28-29H2,1-4H3,(H,33,34)/b14-13+,21-19-. The molecule has 2 aliphatic rings. The van der Waals surface area contributed by atoms with Crippen molar-refractivity contribution >= 4 is 34.9 Å². The summed E-state index contributed by atoms with van der Waals surface area (Å²) in [6.07, 6.45) is 4.10. The highest BCUT2D eigenvalue weighted by atomic mass is 32.2. The number of fused-ring (bicyclic) bond motifs is 2. The third kappa shape index (κ3) is 5.57. The second-order valence-electron chi connectivity index (χ2n) is 9.63. The van der Waals surface area contributed by atoms with Gasteiger partial charge >= 0.3 is 5.97 Å². The number of halogens is 1. The fourth-order valence-corrected chi connectivity index (χ4v) is 5.97. The van der Waals surface area contributed by atoms with Crippen molar-refractivity contribution < 1.29 is 19.1 Å². The Bertz CT molecular complexity index is 1070. The van der Waals surface area contributed by atoms with E-state index < -0.39 is 17.6 Å². The number of carbonyl (C=O) groups excluding carboxylic acids is 1. The number of anilines is 2. The maximum atomic E-state index is 16.2. The number of hydrazine groups is 1. The van der Waals surface area contributed by atoms with Crippen LogP contribution >= 0.6 is 11.8 Å². The second-order valence-corrected chi connectivity index (χ2v) is 10.6. The van der Waals surface area contributed by atoms with Gasteiger partial charge in [0.1, 0.15) is 5.57 Å². The number of ketones is 1. The molecule has 0 spiro atoms. The Kier molecular flexibility index (Phi) is 9.01. The number of Topliss-reactive ketones (excluding diaryl/α,β-unsaturated/α-hetero) is 1. The molecule has 2 atom stereocenters. The average Bonchev–Trinajstić information content (AvgIpc) is 3.29. The van der Waals surface area contributed by atoms with Gasteiger partial charge in [-0.3, -0.25) is 10.6 Å². The largest absolute Gasteiger partial charge is 0.478 e. The molecular formula is C26H37FN4O3S. The topological polar surface area (TPSA) is 122 Å². The van der Waals surface area contributed by atoms with Crippen LogP contribution < -0.4 is 21.9 Å². The van der Waals surface area contributed by atoms with Crippen LogP contribution in [0.1, 0.15) is 74.4 Å². The number of unbranched alkanes of at least 4 members (excludes halogenated alkanes) is 1. The molecule has 1 saturated heterocycles. The third-order valence-electron chi connectivity index (χ3n) is 7.10. The van der Waals surface area contributed by atoms with Crippen LogP contribution in [0.5, 0.6) is 0 Å². The third-order valence-corrected chi connectivity index (χ3v) is 8.31. The van der Waals surface area contributed by atoms with Gasteiger partial charge < -0.3 is 21.2 Å². The lowest BCUT2D eigenvalue weighted by Gasteiger charge is -2.28. The quantitative estimate of drug-likeness (QED) is 0.235. The number of hydrogen-bond acceptors (Lipinski definition) is 7. The summed E-state index contributed by atoms with van der Waals surface area (Å²) in [4.78, 5) is 28.6. The molecule has 0 aliphatic carbocycles. The van der Waals surface area contributed by atoms with E-state index in [2.05, 4.69) is 5.43 Å². The summed E-state index contributed by atoms with van der Waals surface area (Å²) in [5.41, 5.74) is 10.8. The Hall–Kier alpha value is -2.36. The normalized spacial score (nSPS) is 23.5. The number of benzene rings is 1. The maximum absolute atomic E-state index is 16.2. The van der Waals surface area contributed by atoms with E-state index in [-0.39, 0.29) is 28.8 Å². The number of aliphatic carboxylic acids is 1. The number of carboxylic acids is 1. The first-order chi connectivity index (χ1) is 16.6. The number of rotatable bonds is 7. The number of carbonyl (C=O) groups is 2. The van der Waals surface area contributed by atoms with E-state index in [1.54, 1.807) is 6.92 Å². The minimum Gasteiger partial charge on any atom is -0.478 e. The number of thioether (sulfide) groups is 1. The van der Waals surface area contributed by atoms with Gasteiger partial charge in [-0.15, -0.1) is 11.8 Å². The Morgan fingerprint density at radius 3 is 2.66 bits per heavy atom. The van der Waals surface area contributed by atoms with Gasteiger partial charge in [-0.05, 0) is 75.3 Å². The molecule has 1 aromatic carbocycles. The predicted octanol–water partition coefficient (Wildman–Crippen LogP) is 4.89. The monoisotopic (exact) mass is 504 g/mol. The fraction of sp³-hybridized carbons (Fsp3) is 0.538. The van der Waals surface area contributed by atoms with Crippen molar-refractivity contribution in [3.63, 3.8) is 0 Å². The fourth-order valence-electron chi connectivity index (χ4n) is 4.95. The molecule has 0 amide bonds. The highest BCUT2D eigenvalue weighted by molar-refractivity contribution is 8.05. The molecule has 0 aromatic heterocycles. The highest BCUT2D eigenvalue weighted by Crippen LogP contribution is 2.42. The van der Waals surface area contributed by atoms with Crippen molar-refractivity contribution in [2.75, 3.05) is 23.4 Å². The molecule has 1 aromatic rings. The van der Waals surface area contributed by atoms with Gasteiger partial charge in [-0.1, -0.05) is 18.9 Å². The van der Waals surface area contributed by atoms with E-state index in [0.717, 1.165) is 30.4 Å². The van der Waals surface area contributed by atoms with Crippen molar-refractivity contribution in [2.24, 2.45) is 17.5 Å². The van der Waals surface area contributed by atoms with E-state index in [9.17, 15) is 14.7 Å². The molecule has 7 nitrogen and oxygen atoms in total. The van der Waals surface area contributed by atoms with Gasteiger partial charge in [0.2, 0.25) is 5.78 Å². The lowest BCUT2D eigenvalue weighted by atomic mass is 9.88. The second kappa shape index (κ2) is 11.6. The molecule has 2 heterocycles. The van der Waals surface area contributed by atoms with E-state index in [1.807, 2.05) is 31.1 Å². The number of nitrogens with one attached hydrogen (secondary N) is 1. The van der Waals surface area contributed by atoms with Gasteiger partial charge in [0.25, 0.3) is 0 Å². The van der Waals surface area contributed by atoms with Crippen LogP contribution in [-0.2, 0) is 11.2 Å². The minimum atomic E-state index is -1.31. The Morgan fingerprint density at radius 1 is 1.37 bits per heavy atom. The average molecular weight is 505 g/mol. The number of hydrogen-bond donors (Lipinski definition) is 4. The zero-order chi connectivity index (χ0) is 25.9. The SMILES string of the molecule is CCCC/C1=C(/C(=O)O)C(=O)c2c(C)c(c(N3CCC(C(C)N)C3)c(F)c2NN)CC/C(C)=C/S1. The van der Waals surface area contributed by atoms with E-state index in [1.165, 1.54) is 11.8 Å². The molecule has 6 N–H and O–H groups in total. The number of nitrogens with zero attached hydrogens (tertiary/aromatic N) is 1. The molecule has 2 aliphatic heterocycles. The van der Waals surface area contributed by atoms with E-state index in [0.29, 0.717) is 48.5 Å². The van der Waals surface area contributed by atoms with Crippen molar-refractivity contribution in [3.8, 4) is 0 Å². The molecule has 9 heteroatoms. The van der Waals surface area contributed by atoms with Crippen molar-refractivity contribution in [1.29, 1.82) is 0 Å². The summed E-state index contributed by atoms with van der Waals surface area (Å²) in [7, 11) is 0. The van der Waals surface area contributed by atoms with Crippen molar-refractivity contribution in [1.82, 2.24) is 0 Å². The van der Waals surface area contributed by atoms with E-state index >= 15 is 4.39 Å². The smallest absolute Gasteiger partial charge is 0.340 e. The van der Waals surface area contributed by atoms with Crippen LogP contribution in [0.25, 0.3) is 0 Å². The van der Waals surface area contributed by atoms with Crippen LogP contribution in [-0.4, -0.2) is 36.0 Å². The zero-order valence-electron chi connectivity index (χ0n) is 21.0. The van der Waals surface area contributed by atoms with Crippen LogP contribution in [0, 0.1) is 18.7 Å². The molecule has 192 valence electrons. The van der Waals surface area contributed by atoms with Gasteiger partial charge in [-0.2, -0.15) is 0 Å². The summed E-state index contributed by atoms with van der Waals surface area (Å²) in [5.74, 6) is 3.36. The maximum Gasteiger partial charge on any atom is 0.340 e. The molecule has 35 heavy (non-hydrogen) atoms. The molecule has 0 radical (unpaired) electrons. The molecule has 1 fully saturated rings. The zero-order valence-corrected chi connectivity index (χ0v) is 21.9. The minimum absolute atomic E-state index is 0.00163. The Labute approximate surface area is 211 Å². The summed E-state index contributed by atoms with van der Waals surface area (Å²) >= 11 is 1.28. The van der Waals surface area contributed by atoms with Crippen LogP contribution in [0.2, 0.25) is 0 Å². The Balaban J connectivity index is 2.29. The number of nitrogen functional groups attached to an aromatic ring is 1. The molecule has 3 rings (SSSR count). The highest BCUT2D eigenvalue weighted by Gasteiger charge is 2.35. The van der Waals surface area contributed by atoms with Gasteiger partial charge in [0, 0.05) is 24.0 Å². The summed E-state index contributed by atoms with van der Waals surface area (Å²) in [6, 6.07) is -0.0123. The van der Waals surface area contributed by atoms with Crippen molar-refractivity contribution in [2.45, 2.75) is 72.3 Å². The lowest BCUT2D eigenvalue weighted by Crippen LogP contribution is -2.31. The van der Waals surface area contributed by atoms with Crippen LogP contribution in [0.3, 0.4) is 0 Å². The summed E-state index contributed by atoms with van der Waals surface area (Å²) in [6.45, 7) is 8.98. The predicted molar refractivity (Wildman–Crippen MR) is 141 cm³/mol. The first-order valence-corrected chi connectivity index (χ1v) is 13.2. The van der Waals surface area contributed by atoms with Crippen LogP contribution in [0.4, 0.5) is 15.8 Å². The van der Waals surface area contributed by atoms with E-state index in [4.69, 9.17) is 11.6 Å². The van der Waals surface area contributed by atoms with Crippen molar-refractivity contribution in [3.05, 3.63) is 44.0 Å². The van der Waals surface area contributed by atoms with Gasteiger partial charge in [-0.25, -0.2) is 9.18 Å². The lowest BCUT2D eigenvalue weighted by molar-refractivity contribution is -0.132. The first-order valence-electron chi connectivity index (χ1n) is 12.3. The number of allylic oxidation sites excluding steroid dienone is 2. The summed E-state index contributed by atoms with van der Waals surface area (Å²) in [5, 5.41) is 12.0. The molecule has 2 bridgehead atoms.